The van der Waals surface area contributed by atoms with Gasteiger partial charge in [0.25, 0.3) is 0 Å². The van der Waals surface area contributed by atoms with Gasteiger partial charge in [-0.05, 0) is 13.0 Å². The Balaban J connectivity index is 2.54. The highest BCUT2D eigenvalue weighted by atomic mass is 16.1. The van der Waals surface area contributed by atoms with Crippen LogP contribution in [0.4, 0.5) is 5.69 Å². The second kappa shape index (κ2) is 4.14. The fourth-order valence-corrected chi connectivity index (χ4v) is 1.66. The van der Waals surface area contributed by atoms with Crippen LogP contribution >= 0.6 is 0 Å². The minimum absolute atomic E-state index is 0.663. The molecule has 0 saturated heterocycles. The number of aromatic nitrogens is 3. The SMILES string of the molecule is CNc1c(-c2cnn(C=O)c2)ccnc1C. The number of anilines is 1. The maximum atomic E-state index is 10.5. The first kappa shape index (κ1) is 10.4. The van der Waals surface area contributed by atoms with E-state index >= 15 is 0 Å². The average molecular weight is 216 g/mol. The zero-order chi connectivity index (χ0) is 11.5. The third kappa shape index (κ3) is 1.67. The second-order valence-corrected chi connectivity index (χ2v) is 3.38. The zero-order valence-corrected chi connectivity index (χ0v) is 9.14. The fourth-order valence-electron chi connectivity index (χ4n) is 1.66. The van der Waals surface area contributed by atoms with Crippen LogP contribution in [0.2, 0.25) is 0 Å². The maximum Gasteiger partial charge on any atom is 0.234 e. The minimum atomic E-state index is 0.663. The van der Waals surface area contributed by atoms with Gasteiger partial charge in [0.1, 0.15) is 0 Å². The van der Waals surface area contributed by atoms with Crippen molar-refractivity contribution in [3.05, 3.63) is 30.4 Å². The molecule has 16 heavy (non-hydrogen) atoms. The summed E-state index contributed by atoms with van der Waals surface area (Å²) in [7, 11) is 1.84. The van der Waals surface area contributed by atoms with Crippen molar-refractivity contribution in [2.45, 2.75) is 6.92 Å². The molecule has 0 saturated carbocycles. The lowest BCUT2D eigenvalue weighted by atomic mass is 10.1. The molecule has 5 heteroatoms. The molecule has 0 aliphatic heterocycles. The largest absolute Gasteiger partial charge is 0.386 e. The van der Waals surface area contributed by atoms with Crippen molar-refractivity contribution in [2.75, 3.05) is 12.4 Å². The van der Waals surface area contributed by atoms with Crippen LogP contribution in [0.3, 0.4) is 0 Å². The van der Waals surface area contributed by atoms with Crippen molar-refractivity contribution in [3.8, 4) is 11.1 Å². The highest BCUT2D eigenvalue weighted by Crippen LogP contribution is 2.28. The molecule has 0 amide bonds. The molecule has 2 aromatic rings. The van der Waals surface area contributed by atoms with Crippen molar-refractivity contribution in [1.29, 1.82) is 0 Å². The van der Waals surface area contributed by atoms with Gasteiger partial charge in [-0.1, -0.05) is 0 Å². The van der Waals surface area contributed by atoms with Crippen LogP contribution in [0.5, 0.6) is 0 Å². The Morgan fingerprint density at radius 2 is 2.31 bits per heavy atom. The molecular formula is C11H12N4O. The van der Waals surface area contributed by atoms with E-state index < -0.39 is 0 Å². The highest BCUT2D eigenvalue weighted by Gasteiger charge is 2.08. The summed E-state index contributed by atoms with van der Waals surface area (Å²) < 4.78 is 1.24. The minimum Gasteiger partial charge on any atom is -0.386 e. The second-order valence-electron chi connectivity index (χ2n) is 3.38. The smallest absolute Gasteiger partial charge is 0.234 e. The molecule has 0 aliphatic rings. The lowest BCUT2D eigenvalue weighted by Crippen LogP contribution is -1.97. The standard InChI is InChI=1S/C11H12N4O/c1-8-11(12-2)10(3-4-13-8)9-5-14-15(6-9)7-16/h3-7,12H,1-2H3. The van der Waals surface area contributed by atoms with Crippen molar-refractivity contribution < 1.29 is 4.79 Å². The van der Waals surface area contributed by atoms with Crippen LogP contribution < -0.4 is 5.32 Å². The Morgan fingerprint density at radius 1 is 1.50 bits per heavy atom. The normalized spacial score (nSPS) is 10.1. The van der Waals surface area contributed by atoms with E-state index in [1.165, 1.54) is 4.68 Å². The van der Waals surface area contributed by atoms with E-state index in [0.717, 1.165) is 22.5 Å². The molecule has 0 spiro atoms. The van der Waals surface area contributed by atoms with Crippen molar-refractivity contribution in [2.24, 2.45) is 0 Å². The average Bonchev–Trinajstić information content (AvgIpc) is 2.77. The molecular weight excluding hydrogens is 204 g/mol. The van der Waals surface area contributed by atoms with Crippen LogP contribution in [0.1, 0.15) is 5.69 Å². The van der Waals surface area contributed by atoms with Crippen LogP contribution in [-0.4, -0.2) is 28.2 Å². The van der Waals surface area contributed by atoms with Gasteiger partial charge in [-0.2, -0.15) is 5.10 Å². The van der Waals surface area contributed by atoms with Crippen LogP contribution in [0.15, 0.2) is 24.7 Å². The number of pyridine rings is 1. The first-order valence-electron chi connectivity index (χ1n) is 4.89. The molecule has 0 unspecified atom stereocenters. The number of nitrogens with one attached hydrogen (secondary N) is 1. The lowest BCUT2D eigenvalue weighted by molar-refractivity contribution is 0.540. The topological polar surface area (TPSA) is 59.8 Å². The molecule has 5 nitrogen and oxygen atoms in total. The van der Waals surface area contributed by atoms with E-state index in [2.05, 4.69) is 15.4 Å². The summed E-state index contributed by atoms with van der Waals surface area (Å²) >= 11 is 0. The summed E-state index contributed by atoms with van der Waals surface area (Å²) in [4.78, 5) is 14.7. The first-order chi connectivity index (χ1) is 7.76. The first-order valence-corrected chi connectivity index (χ1v) is 4.89. The summed E-state index contributed by atoms with van der Waals surface area (Å²) in [6.45, 7) is 1.93. The van der Waals surface area contributed by atoms with E-state index in [4.69, 9.17) is 0 Å². The van der Waals surface area contributed by atoms with Gasteiger partial charge >= 0.3 is 0 Å². The third-order valence-corrected chi connectivity index (χ3v) is 2.41. The van der Waals surface area contributed by atoms with Crippen molar-refractivity contribution >= 4 is 12.1 Å². The predicted molar refractivity (Wildman–Crippen MR) is 61.9 cm³/mol. The number of nitrogens with zero attached hydrogens (tertiary/aromatic N) is 3. The lowest BCUT2D eigenvalue weighted by Gasteiger charge is -2.09. The summed E-state index contributed by atoms with van der Waals surface area (Å²) in [5.41, 5.74) is 3.75. The monoisotopic (exact) mass is 216 g/mol. The number of hydrogen-bond acceptors (Lipinski definition) is 4. The Labute approximate surface area is 93.1 Å². The van der Waals surface area contributed by atoms with E-state index in [1.807, 2.05) is 20.0 Å². The molecule has 0 fully saturated rings. The molecule has 0 aromatic carbocycles. The Morgan fingerprint density at radius 3 is 2.94 bits per heavy atom. The van der Waals surface area contributed by atoms with Crippen molar-refractivity contribution in [1.82, 2.24) is 14.8 Å². The summed E-state index contributed by atoms with van der Waals surface area (Å²) in [5, 5.41) is 7.02. The molecule has 0 radical (unpaired) electrons. The molecule has 0 bridgehead atoms. The van der Waals surface area contributed by atoms with Gasteiger partial charge in [0, 0.05) is 30.6 Å². The Kier molecular flexibility index (Phi) is 2.68. The fraction of sp³-hybridized carbons (Fsp3) is 0.182. The van der Waals surface area contributed by atoms with Gasteiger partial charge < -0.3 is 5.32 Å². The van der Waals surface area contributed by atoms with Crippen LogP contribution in [0.25, 0.3) is 11.1 Å². The molecule has 82 valence electrons. The number of carbonyl (C=O) groups is 1. The quantitative estimate of drug-likeness (QED) is 0.786. The van der Waals surface area contributed by atoms with Gasteiger partial charge in [-0.25, -0.2) is 4.68 Å². The summed E-state index contributed by atoms with van der Waals surface area (Å²) in [6, 6.07) is 1.89. The molecule has 2 rings (SSSR count). The Hall–Kier alpha value is -2.17. The van der Waals surface area contributed by atoms with E-state index in [-0.39, 0.29) is 0 Å². The summed E-state index contributed by atoms with van der Waals surface area (Å²) in [6.07, 6.45) is 5.74. The Bertz CT molecular complexity index is 518. The number of hydrogen-bond donors (Lipinski definition) is 1. The number of rotatable bonds is 3. The van der Waals surface area contributed by atoms with Gasteiger partial charge in [0.05, 0.1) is 17.6 Å². The molecule has 2 aromatic heterocycles. The number of aryl methyl sites for hydroxylation is 1. The van der Waals surface area contributed by atoms with Gasteiger partial charge in [0.2, 0.25) is 6.41 Å². The maximum absolute atomic E-state index is 10.5. The molecule has 1 N–H and O–H groups in total. The van der Waals surface area contributed by atoms with E-state index in [1.54, 1.807) is 18.6 Å². The molecule has 0 atom stereocenters. The van der Waals surface area contributed by atoms with E-state index in [0.29, 0.717) is 6.41 Å². The third-order valence-electron chi connectivity index (χ3n) is 2.41. The number of carbonyl (C=O) groups excluding carboxylic acids is 1. The van der Waals surface area contributed by atoms with E-state index in [9.17, 15) is 4.79 Å². The van der Waals surface area contributed by atoms with Crippen molar-refractivity contribution in [3.63, 3.8) is 0 Å². The molecule has 0 aliphatic carbocycles. The van der Waals surface area contributed by atoms with Gasteiger partial charge in [0.15, 0.2) is 0 Å². The van der Waals surface area contributed by atoms with Gasteiger partial charge in [-0.15, -0.1) is 0 Å². The van der Waals surface area contributed by atoms with Crippen LogP contribution in [-0.2, 0) is 4.79 Å². The highest BCUT2D eigenvalue weighted by molar-refractivity contribution is 5.78. The predicted octanol–water partition coefficient (Wildman–Crippen LogP) is 1.33. The molecule has 2 heterocycles. The van der Waals surface area contributed by atoms with Crippen LogP contribution in [0, 0.1) is 6.92 Å². The van der Waals surface area contributed by atoms with Gasteiger partial charge in [-0.3, -0.25) is 9.78 Å². The summed E-state index contributed by atoms with van der Waals surface area (Å²) in [5.74, 6) is 0. The zero-order valence-electron chi connectivity index (χ0n) is 9.14.